The molecule has 0 unspecified atom stereocenters. The van der Waals surface area contributed by atoms with E-state index in [2.05, 4.69) is 9.38 Å². The summed E-state index contributed by atoms with van der Waals surface area (Å²) in [6, 6.07) is 7.68. The minimum atomic E-state index is 0.759. The lowest BCUT2D eigenvalue weighted by Gasteiger charge is -2.00. The zero-order chi connectivity index (χ0) is 11.7. The highest BCUT2D eigenvalue weighted by atomic mass is 16.3. The van der Waals surface area contributed by atoms with Gasteiger partial charge in [-0.1, -0.05) is 0 Å². The molecule has 0 radical (unpaired) electrons. The Bertz CT molecular complexity index is 625. The normalized spacial score (nSPS) is 11.1. The summed E-state index contributed by atoms with van der Waals surface area (Å²) in [6.07, 6.45) is 7.20. The van der Waals surface area contributed by atoms with Gasteiger partial charge in [-0.05, 0) is 24.3 Å². The summed E-state index contributed by atoms with van der Waals surface area (Å²) in [5, 5.41) is 0. The molecule has 0 atom stereocenters. The first-order valence-electron chi connectivity index (χ1n) is 5.57. The van der Waals surface area contributed by atoms with Crippen molar-refractivity contribution in [2.24, 2.45) is 0 Å². The van der Waals surface area contributed by atoms with Crippen molar-refractivity contribution in [3.05, 3.63) is 54.5 Å². The van der Waals surface area contributed by atoms with E-state index in [0.29, 0.717) is 0 Å². The number of aryl methyl sites for hydroxylation is 2. The first-order valence-corrected chi connectivity index (χ1v) is 5.57. The number of nitrogen functional groups attached to an aromatic ring is 1. The van der Waals surface area contributed by atoms with Crippen molar-refractivity contribution in [1.29, 1.82) is 0 Å². The molecule has 0 aliphatic rings. The Balaban J connectivity index is 1.86. The van der Waals surface area contributed by atoms with Gasteiger partial charge in [-0.2, -0.15) is 0 Å². The molecule has 0 spiro atoms. The van der Waals surface area contributed by atoms with Gasteiger partial charge in [0, 0.05) is 24.7 Å². The lowest BCUT2D eigenvalue weighted by Crippen LogP contribution is -1.97. The molecule has 3 rings (SSSR count). The summed E-state index contributed by atoms with van der Waals surface area (Å²) < 4.78 is 7.36. The number of imidazole rings is 1. The lowest BCUT2D eigenvalue weighted by atomic mass is 10.2. The fourth-order valence-electron chi connectivity index (χ4n) is 1.95. The predicted octanol–water partition coefficient (Wildman–Crippen LogP) is 2.29. The number of anilines is 1. The Labute approximate surface area is 98.7 Å². The summed E-state index contributed by atoms with van der Waals surface area (Å²) >= 11 is 0. The zero-order valence-electron chi connectivity index (χ0n) is 9.34. The maximum Gasteiger partial charge on any atom is 0.113 e. The van der Waals surface area contributed by atoms with E-state index in [9.17, 15) is 0 Å². The molecule has 86 valence electrons. The lowest BCUT2D eigenvalue weighted by molar-refractivity contribution is 0.506. The van der Waals surface area contributed by atoms with Crippen LogP contribution in [0.4, 0.5) is 5.69 Å². The summed E-state index contributed by atoms with van der Waals surface area (Å²) in [7, 11) is 0. The third-order valence-electron chi connectivity index (χ3n) is 2.81. The molecule has 3 aromatic rings. The second kappa shape index (κ2) is 3.97. The van der Waals surface area contributed by atoms with Crippen LogP contribution in [0.5, 0.6) is 0 Å². The van der Waals surface area contributed by atoms with Crippen LogP contribution >= 0.6 is 0 Å². The predicted molar refractivity (Wildman–Crippen MR) is 65.7 cm³/mol. The standard InChI is InChI=1S/C13H13N3O/c14-10-5-6-16-11(8-10)9-15-13(16)4-3-12-2-1-7-17-12/h1-2,5-9H,3-4,14H2. The Morgan fingerprint density at radius 2 is 2.24 bits per heavy atom. The largest absolute Gasteiger partial charge is 0.469 e. The fraction of sp³-hybridized carbons (Fsp3) is 0.154. The average molecular weight is 227 g/mol. The number of rotatable bonds is 3. The maximum absolute atomic E-state index is 5.73. The number of hydrogen-bond donors (Lipinski definition) is 1. The fourth-order valence-corrected chi connectivity index (χ4v) is 1.95. The number of fused-ring (bicyclic) bond motifs is 1. The third-order valence-corrected chi connectivity index (χ3v) is 2.81. The number of furan rings is 1. The molecular formula is C13H13N3O. The van der Waals surface area contributed by atoms with Gasteiger partial charge in [0.15, 0.2) is 0 Å². The summed E-state index contributed by atoms with van der Waals surface area (Å²) in [6.45, 7) is 0. The van der Waals surface area contributed by atoms with E-state index in [0.717, 1.165) is 35.6 Å². The zero-order valence-corrected chi connectivity index (χ0v) is 9.34. The van der Waals surface area contributed by atoms with Gasteiger partial charge < -0.3 is 14.6 Å². The van der Waals surface area contributed by atoms with E-state index >= 15 is 0 Å². The van der Waals surface area contributed by atoms with Gasteiger partial charge in [-0.25, -0.2) is 4.98 Å². The van der Waals surface area contributed by atoms with Crippen LogP contribution in [0.25, 0.3) is 5.52 Å². The molecule has 0 fully saturated rings. The number of pyridine rings is 1. The summed E-state index contributed by atoms with van der Waals surface area (Å²) in [4.78, 5) is 4.40. The van der Waals surface area contributed by atoms with E-state index in [1.54, 1.807) is 6.26 Å². The van der Waals surface area contributed by atoms with E-state index in [4.69, 9.17) is 10.2 Å². The van der Waals surface area contributed by atoms with Gasteiger partial charge in [0.1, 0.15) is 11.6 Å². The number of hydrogen-bond acceptors (Lipinski definition) is 3. The van der Waals surface area contributed by atoms with Crippen LogP contribution < -0.4 is 5.73 Å². The van der Waals surface area contributed by atoms with E-state index in [1.165, 1.54) is 0 Å². The molecule has 17 heavy (non-hydrogen) atoms. The Hall–Kier alpha value is -2.23. The van der Waals surface area contributed by atoms with Crippen molar-refractivity contribution in [3.8, 4) is 0 Å². The summed E-state index contributed by atoms with van der Waals surface area (Å²) in [5.41, 5.74) is 7.51. The van der Waals surface area contributed by atoms with Gasteiger partial charge in [0.2, 0.25) is 0 Å². The average Bonchev–Trinajstić information content (AvgIpc) is 2.94. The van der Waals surface area contributed by atoms with Crippen LogP contribution in [-0.2, 0) is 12.8 Å². The van der Waals surface area contributed by atoms with Gasteiger partial charge >= 0.3 is 0 Å². The molecule has 0 bridgehead atoms. The van der Waals surface area contributed by atoms with Crippen LogP contribution in [0.1, 0.15) is 11.6 Å². The Morgan fingerprint density at radius 3 is 3.06 bits per heavy atom. The molecule has 3 heterocycles. The van der Waals surface area contributed by atoms with E-state index in [-0.39, 0.29) is 0 Å². The van der Waals surface area contributed by atoms with Gasteiger partial charge in [0.05, 0.1) is 18.0 Å². The molecule has 4 heteroatoms. The number of nitrogens with zero attached hydrogens (tertiary/aromatic N) is 2. The second-order valence-corrected chi connectivity index (χ2v) is 4.01. The third kappa shape index (κ3) is 1.89. The van der Waals surface area contributed by atoms with Crippen LogP contribution in [-0.4, -0.2) is 9.38 Å². The van der Waals surface area contributed by atoms with Crippen LogP contribution in [0.15, 0.2) is 47.3 Å². The molecule has 0 aliphatic carbocycles. The highest BCUT2D eigenvalue weighted by Crippen LogP contribution is 2.13. The molecule has 0 aromatic carbocycles. The van der Waals surface area contributed by atoms with Crippen molar-refractivity contribution < 1.29 is 4.42 Å². The minimum absolute atomic E-state index is 0.759. The molecule has 0 aliphatic heterocycles. The molecule has 4 nitrogen and oxygen atoms in total. The van der Waals surface area contributed by atoms with E-state index < -0.39 is 0 Å². The van der Waals surface area contributed by atoms with Crippen LogP contribution in [0.2, 0.25) is 0 Å². The molecule has 0 saturated heterocycles. The van der Waals surface area contributed by atoms with E-state index in [1.807, 2.05) is 36.7 Å². The number of nitrogens with two attached hydrogens (primary N) is 1. The Kier molecular flexibility index (Phi) is 2.33. The topological polar surface area (TPSA) is 56.5 Å². The second-order valence-electron chi connectivity index (χ2n) is 4.01. The molecule has 0 amide bonds. The monoisotopic (exact) mass is 227 g/mol. The molecule has 0 saturated carbocycles. The van der Waals surface area contributed by atoms with Crippen molar-refractivity contribution in [2.45, 2.75) is 12.8 Å². The molecular weight excluding hydrogens is 214 g/mol. The Morgan fingerprint density at radius 1 is 1.29 bits per heavy atom. The smallest absolute Gasteiger partial charge is 0.113 e. The minimum Gasteiger partial charge on any atom is -0.469 e. The maximum atomic E-state index is 5.73. The summed E-state index contributed by atoms with van der Waals surface area (Å²) in [5.74, 6) is 2.01. The van der Waals surface area contributed by atoms with Gasteiger partial charge in [-0.3, -0.25) is 0 Å². The van der Waals surface area contributed by atoms with Crippen LogP contribution in [0, 0.1) is 0 Å². The van der Waals surface area contributed by atoms with Gasteiger partial charge in [-0.15, -0.1) is 0 Å². The van der Waals surface area contributed by atoms with Crippen molar-refractivity contribution in [1.82, 2.24) is 9.38 Å². The highest BCUT2D eigenvalue weighted by Gasteiger charge is 2.05. The van der Waals surface area contributed by atoms with Gasteiger partial charge in [0.25, 0.3) is 0 Å². The van der Waals surface area contributed by atoms with Crippen LogP contribution in [0.3, 0.4) is 0 Å². The first kappa shape index (κ1) is 9.96. The van der Waals surface area contributed by atoms with Crippen molar-refractivity contribution >= 4 is 11.2 Å². The van der Waals surface area contributed by atoms with Crippen molar-refractivity contribution in [3.63, 3.8) is 0 Å². The highest BCUT2D eigenvalue weighted by molar-refractivity contribution is 5.55. The number of aromatic nitrogens is 2. The van der Waals surface area contributed by atoms with Crippen molar-refractivity contribution in [2.75, 3.05) is 5.73 Å². The SMILES string of the molecule is Nc1ccn2c(CCc3ccco3)ncc2c1. The first-order chi connectivity index (χ1) is 8.33. The molecule has 3 aromatic heterocycles. The molecule has 2 N–H and O–H groups in total. The quantitative estimate of drug-likeness (QED) is 0.746.